The quantitative estimate of drug-likeness (QED) is 0.615. The fraction of sp³-hybridized carbons (Fsp3) is 0.250. The van der Waals surface area contributed by atoms with Gasteiger partial charge in [0.2, 0.25) is 0 Å². The Bertz CT molecular complexity index is 386. The Kier molecular flexibility index (Phi) is 3.81. The van der Waals surface area contributed by atoms with Crippen LogP contribution in [0.3, 0.4) is 0 Å². The van der Waals surface area contributed by atoms with Crippen molar-refractivity contribution in [1.29, 1.82) is 0 Å². The minimum Gasteiger partial charge on any atom is -0.395 e. The largest absolute Gasteiger partial charge is 0.395 e. The van der Waals surface area contributed by atoms with Gasteiger partial charge in [0.05, 0.1) is 11.5 Å². The number of hydrogen-bond donors (Lipinski definition) is 2. The monoisotopic (exact) mass is 234 g/mol. The van der Waals surface area contributed by atoms with E-state index in [0.717, 1.165) is 12.1 Å². The summed E-state index contributed by atoms with van der Waals surface area (Å²) in [5, 5.41) is 21.3. The van der Waals surface area contributed by atoms with Crippen LogP contribution in [-0.4, -0.2) is 23.2 Å². The molecule has 5 nitrogen and oxygen atoms in total. The Balaban J connectivity index is 3.16. The van der Waals surface area contributed by atoms with Crippen LogP contribution in [0.25, 0.3) is 0 Å². The van der Waals surface area contributed by atoms with Gasteiger partial charge in [0.1, 0.15) is 16.5 Å². The SMILES string of the molecule is O=[N+]([O-])c1ccc(F)c(Cl)c1NCCO. The summed E-state index contributed by atoms with van der Waals surface area (Å²) in [7, 11) is 0. The molecule has 7 heteroatoms. The molecule has 1 aromatic carbocycles. The van der Waals surface area contributed by atoms with E-state index in [9.17, 15) is 14.5 Å². The average Bonchev–Trinajstić information content (AvgIpc) is 2.19. The molecule has 1 rings (SSSR count). The van der Waals surface area contributed by atoms with Gasteiger partial charge >= 0.3 is 0 Å². The average molecular weight is 235 g/mol. The summed E-state index contributed by atoms with van der Waals surface area (Å²) < 4.78 is 13.0. The number of nitrogens with zero attached hydrogens (tertiary/aromatic N) is 1. The number of nitro benzene ring substituents is 1. The second-order valence-corrected chi connectivity index (χ2v) is 3.04. The molecule has 0 aliphatic rings. The van der Waals surface area contributed by atoms with E-state index in [1.807, 2.05) is 0 Å². The van der Waals surface area contributed by atoms with Crippen molar-refractivity contribution in [2.45, 2.75) is 0 Å². The Labute approximate surface area is 89.6 Å². The molecule has 0 saturated carbocycles. The van der Waals surface area contributed by atoms with E-state index in [1.165, 1.54) is 0 Å². The second kappa shape index (κ2) is 4.90. The standard InChI is InChI=1S/C8H8ClFN2O3/c9-7-5(10)1-2-6(12(14)15)8(7)11-3-4-13/h1-2,11,13H,3-4H2. The topological polar surface area (TPSA) is 75.4 Å². The van der Waals surface area contributed by atoms with Gasteiger partial charge in [0, 0.05) is 12.6 Å². The number of nitro groups is 1. The third kappa shape index (κ3) is 2.54. The summed E-state index contributed by atoms with van der Waals surface area (Å²) in [5.74, 6) is -0.747. The van der Waals surface area contributed by atoms with Crippen LogP contribution in [0, 0.1) is 15.9 Å². The molecule has 0 amide bonds. The summed E-state index contributed by atoms with van der Waals surface area (Å²) in [5.41, 5.74) is -0.439. The predicted octanol–water partition coefficient (Wildman–Crippen LogP) is 1.79. The highest BCUT2D eigenvalue weighted by atomic mass is 35.5. The van der Waals surface area contributed by atoms with Crippen molar-refractivity contribution in [1.82, 2.24) is 0 Å². The fourth-order valence-corrected chi connectivity index (χ4v) is 1.27. The number of rotatable bonds is 4. The smallest absolute Gasteiger partial charge is 0.294 e. The van der Waals surface area contributed by atoms with Crippen molar-refractivity contribution in [2.24, 2.45) is 0 Å². The lowest BCUT2D eigenvalue weighted by Crippen LogP contribution is -2.08. The normalized spacial score (nSPS) is 10.1. The number of hydrogen-bond acceptors (Lipinski definition) is 4. The lowest BCUT2D eigenvalue weighted by atomic mass is 10.2. The van der Waals surface area contributed by atoms with Crippen LogP contribution in [0.2, 0.25) is 5.02 Å². The van der Waals surface area contributed by atoms with Crippen LogP contribution >= 0.6 is 11.6 Å². The van der Waals surface area contributed by atoms with Crippen LogP contribution in [0.15, 0.2) is 12.1 Å². The van der Waals surface area contributed by atoms with Gasteiger partial charge in [-0.1, -0.05) is 11.6 Å². The lowest BCUT2D eigenvalue weighted by Gasteiger charge is -2.07. The van der Waals surface area contributed by atoms with Crippen LogP contribution in [0.5, 0.6) is 0 Å². The Morgan fingerprint density at radius 2 is 2.27 bits per heavy atom. The molecule has 0 bridgehead atoms. The van der Waals surface area contributed by atoms with Gasteiger partial charge in [-0.15, -0.1) is 0 Å². The van der Waals surface area contributed by atoms with Crippen molar-refractivity contribution >= 4 is 23.0 Å². The molecule has 0 aliphatic heterocycles. The molecule has 0 atom stereocenters. The number of anilines is 1. The van der Waals surface area contributed by atoms with Crippen molar-refractivity contribution in [3.05, 3.63) is 33.1 Å². The zero-order valence-electron chi connectivity index (χ0n) is 7.54. The Morgan fingerprint density at radius 1 is 1.60 bits per heavy atom. The van der Waals surface area contributed by atoms with E-state index in [4.69, 9.17) is 16.7 Å². The molecule has 2 N–H and O–H groups in total. The van der Waals surface area contributed by atoms with Crippen LogP contribution in [-0.2, 0) is 0 Å². The van der Waals surface area contributed by atoms with Gasteiger partial charge in [-0.3, -0.25) is 10.1 Å². The van der Waals surface area contributed by atoms with E-state index in [1.54, 1.807) is 0 Å². The summed E-state index contributed by atoms with van der Waals surface area (Å²) in [6.45, 7) is -0.173. The first-order chi connectivity index (χ1) is 7.07. The molecule has 82 valence electrons. The summed E-state index contributed by atoms with van der Waals surface area (Å²) >= 11 is 5.55. The Hall–Kier alpha value is -1.40. The van der Waals surface area contributed by atoms with Gasteiger partial charge in [-0.05, 0) is 6.07 Å². The highest BCUT2D eigenvalue weighted by Gasteiger charge is 2.19. The first-order valence-corrected chi connectivity index (χ1v) is 4.43. The van der Waals surface area contributed by atoms with Crippen molar-refractivity contribution in [3.63, 3.8) is 0 Å². The molecular weight excluding hydrogens is 227 g/mol. The molecule has 0 spiro atoms. The molecule has 0 radical (unpaired) electrons. The molecule has 0 unspecified atom stereocenters. The third-order valence-electron chi connectivity index (χ3n) is 1.68. The van der Waals surface area contributed by atoms with E-state index < -0.39 is 10.7 Å². The second-order valence-electron chi connectivity index (χ2n) is 2.66. The summed E-state index contributed by atoms with van der Waals surface area (Å²) in [4.78, 5) is 9.89. The minimum atomic E-state index is -0.747. The Morgan fingerprint density at radius 3 is 2.80 bits per heavy atom. The maximum atomic E-state index is 13.0. The van der Waals surface area contributed by atoms with Crippen LogP contribution in [0.1, 0.15) is 0 Å². The number of benzene rings is 1. The summed E-state index contributed by atoms with van der Waals surface area (Å²) in [6, 6.07) is 1.94. The van der Waals surface area contributed by atoms with Crippen LogP contribution in [0.4, 0.5) is 15.8 Å². The maximum absolute atomic E-state index is 13.0. The lowest BCUT2D eigenvalue weighted by molar-refractivity contribution is -0.384. The zero-order valence-corrected chi connectivity index (χ0v) is 8.29. The number of nitrogens with one attached hydrogen (secondary N) is 1. The van der Waals surface area contributed by atoms with Gasteiger partial charge in [-0.2, -0.15) is 0 Å². The van der Waals surface area contributed by atoms with E-state index in [0.29, 0.717) is 0 Å². The van der Waals surface area contributed by atoms with Gasteiger partial charge in [0.15, 0.2) is 0 Å². The van der Waals surface area contributed by atoms with Gasteiger partial charge in [0.25, 0.3) is 5.69 Å². The molecule has 0 aromatic heterocycles. The molecular formula is C8H8ClFN2O3. The molecule has 0 fully saturated rings. The van der Waals surface area contributed by atoms with E-state index in [2.05, 4.69) is 5.32 Å². The maximum Gasteiger partial charge on any atom is 0.294 e. The highest BCUT2D eigenvalue weighted by Crippen LogP contribution is 2.33. The third-order valence-corrected chi connectivity index (χ3v) is 2.05. The van der Waals surface area contributed by atoms with Crippen molar-refractivity contribution in [3.8, 4) is 0 Å². The van der Waals surface area contributed by atoms with Crippen molar-refractivity contribution in [2.75, 3.05) is 18.5 Å². The van der Waals surface area contributed by atoms with Crippen molar-refractivity contribution < 1.29 is 14.4 Å². The number of aliphatic hydroxyl groups excluding tert-OH is 1. The molecule has 1 aromatic rings. The molecule has 0 aliphatic carbocycles. The molecule has 15 heavy (non-hydrogen) atoms. The van der Waals surface area contributed by atoms with Gasteiger partial charge in [-0.25, -0.2) is 4.39 Å². The van der Waals surface area contributed by atoms with E-state index >= 15 is 0 Å². The first-order valence-electron chi connectivity index (χ1n) is 4.05. The highest BCUT2D eigenvalue weighted by molar-refractivity contribution is 6.33. The van der Waals surface area contributed by atoms with E-state index in [-0.39, 0.29) is 29.5 Å². The molecule has 0 heterocycles. The fourth-order valence-electron chi connectivity index (χ4n) is 1.04. The predicted molar refractivity (Wildman–Crippen MR) is 53.6 cm³/mol. The zero-order chi connectivity index (χ0) is 11.4. The first kappa shape index (κ1) is 11.7. The number of aliphatic hydroxyl groups is 1. The van der Waals surface area contributed by atoms with Crippen LogP contribution < -0.4 is 5.32 Å². The molecule has 0 saturated heterocycles. The minimum absolute atomic E-state index is 0.0595. The van der Waals surface area contributed by atoms with Gasteiger partial charge < -0.3 is 10.4 Å². The summed E-state index contributed by atoms with van der Waals surface area (Å²) in [6.07, 6.45) is 0. The number of halogens is 2.